The third kappa shape index (κ3) is 6.61. The monoisotopic (exact) mass is 488 g/mol. The first-order chi connectivity index (χ1) is 15.7. The van der Waals surface area contributed by atoms with Crippen LogP contribution in [0.4, 0.5) is 5.13 Å². The van der Waals surface area contributed by atoms with Gasteiger partial charge in [0.25, 0.3) is 0 Å². The summed E-state index contributed by atoms with van der Waals surface area (Å²) in [6, 6.07) is 15.8. The molecule has 1 aromatic heterocycles. The Balaban J connectivity index is 1.77. The number of hydrogen-bond acceptors (Lipinski definition) is 7. The summed E-state index contributed by atoms with van der Waals surface area (Å²) in [5, 5.41) is 16.5. The van der Waals surface area contributed by atoms with E-state index in [9.17, 15) is 13.5 Å². The van der Waals surface area contributed by atoms with Crippen LogP contribution in [0.1, 0.15) is 19.4 Å². The van der Waals surface area contributed by atoms with Crippen molar-refractivity contribution in [1.82, 2.24) is 9.29 Å². The number of anilines is 1. The van der Waals surface area contributed by atoms with Gasteiger partial charge in [0.15, 0.2) is 5.13 Å². The highest BCUT2D eigenvalue weighted by Gasteiger charge is 2.29. The summed E-state index contributed by atoms with van der Waals surface area (Å²) in [6.07, 6.45) is -0.526. The molecule has 33 heavy (non-hydrogen) atoms. The van der Waals surface area contributed by atoms with Crippen LogP contribution in [0, 0.1) is 5.92 Å². The Bertz CT molecular complexity index is 1120. The molecule has 178 valence electrons. The first-order valence-corrected chi connectivity index (χ1v) is 13.2. The van der Waals surface area contributed by atoms with Crippen molar-refractivity contribution in [2.24, 2.45) is 11.7 Å². The van der Waals surface area contributed by atoms with Crippen LogP contribution in [0.5, 0.6) is 0 Å². The first kappa shape index (κ1) is 25.3. The molecule has 2 atom stereocenters. The van der Waals surface area contributed by atoms with Crippen LogP contribution in [0.15, 0.2) is 64.9 Å². The van der Waals surface area contributed by atoms with E-state index >= 15 is 0 Å². The SMILES string of the molecule is CNc1nc(-c2ccc(S(=O)(=O)N(CC(C)C)C[C@@H](O)[C@@H](N)Cc3ccccc3)cc2)cs1. The van der Waals surface area contributed by atoms with Gasteiger partial charge < -0.3 is 16.2 Å². The Labute approximate surface area is 200 Å². The second-order valence-corrected chi connectivity index (χ2v) is 11.2. The normalized spacial score (nSPS) is 13.9. The molecule has 1 heterocycles. The maximum absolute atomic E-state index is 13.4. The number of thiazole rings is 1. The molecule has 4 N–H and O–H groups in total. The molecule has 0 aliphatic carbocycles. The van der Waals surface area contributed by atoms with E-state index in [0.29, 0.717) is 6.42 Å². The molecule has 3 aromatic rings. The van der Waals surface area contributed by atoms with Gasteiger partial charge >= 0.3 is 0 Å². The minimum atomic E-state index is -3.81. The van der Waals surface area contributed by atoms with Crippen molar-refractivity contribution in [3.05, 3.63) is 65.5 Å². The lowest BCUT2D eigenvalue weighted by molar-refractivity contribution is 0.116. The van der Waals surface area contributed by atoms with Gasteiger partial charge in [-0.3, -0.25) is 0 Å². The molecule has 0 radical (unpaired) electrons. The van der Waals surface area contributed by atoms with E-state index in [1.807, 2.05) is 56.6 Å². The third-order valence-corrected chi connectivity index (χ3v) is 7.98. The van der Waals surface area contributed by atoms with Crippen LogP contribution in [0.3, 0.4) is 0 Å². The van der Waals surface area contributed by atoms with E-state index in [4.69, 9.17) is 5.73 Å². The number of aliphatic hydroxyl groups is 1. The van der Waals surface area contributed by atoms with Gasteiger partial charge in [-0.05, 0) is 30.0 Å². The lowest BCUT2D eigenvalue weighted by atomic mass is 10.0. The Hall–Kier alpha value is -2.30. The molecule has 3 rings (SSSR count). The highest BCUT2D eigenvalue weighted by molar-refractivity contribution is 7.89. The average molecular weight is 489 g/mol. The van der Waals surface area contributed by atoms with Gasteiger partial charge in [-0.15, -0.1) is 11.3 Å². The number of rotatable bonds is 11. The Kier molecular flexibility index (Phi) is 8.61. The predicted molar refractivity (Wildman–Crippen MR) is 135 cm³/mol. The number of hydrogen-bond donors (Lipinski definition) is 3. The fraction of sp³-hybridized carbons (Fsp3) is 0.375. The largest absolute Gasteiger partial charge is 0.390 e. The highest BCUT2D eigenvalue weighted by Crippen LogP contribution is 2.27. The number of benzene rings is 2. The fourth-order valence-electron chi connectivity index (χ4n) is 3.51. The Morgan fingerprint density at radius 3 is 2.33 bits per heavy atom. The van der Waals surface area contributed by atoms with Crippen molar-refractivity contribution in [2.45, 2.75) is 37.3 Å². The van der Waals surface area contributed by atoms with Gasteiger partial charge in [-0.2, -0.15) is 4.31 Å². The molecule has 0 unspecified atom stereocenters. The van der Waals surface area contributed by atoms with Crippen molar-refractivity contribution in [3.63, 3.8) is 0 Å². The van der Waals surface area contributed by atoms with E-state index < -0.39 is 22.2 Å². The summed E-state index contributed by atoms with van der Waals surface area (Å²) in [4.78, 5) is 4.64. The topological polar surface area (TPSA) is 109 Å². The van der Waals surface area contributed by atoms with Crippen molar-refractivity contribution in [1.29, 1.82) is 0 Å². The van der Waals surface area contributed by atoms with Crippen molar-refractivity contribution in [3.8, 4) is 11.3 Å². The van der Waals surface area contributed by atoms with Crippen LogP contribution in [0.2, 0.25) is 0 Å². The van der Waals surface area contributed by atoms with Gasteiger partial charge in [0.1, 0.15) is 0 Å². The number of aromatic nitrogens is 1. The van der Waals surface area contributed by atoms with Gasteiger partial charge in [0.2, 0.25) is 10.0 Å². The van der Waals surface area contributed by atoms with Gasteiger partial charge in [-0.1, -0.05) is 56.3 Å². The second kappa shape index (κ2) is 11.2. The van der Waals surface area contributed by atoms with E-state index in [1.165, 1.54) is 15.6 Å². The van der Waals surface area contributed by atoms with Crippen LogP contribution in [0.25, 0.3) is 11.3 Å². The third-order valence-electron chi connectivity index (χ3n) is 5.27. The van der Waals surface area contributed by atoms with E-state index in [1.54, 1.807) is 24.3 Å². The molecular formula is C24H32N4O3S2. The fourth-order valence-corrected chi connectivity index (χ4v) is 5.81. The zero-order valence-corrected chi connectivity index (χ0v) is 20.8. The number of nitrogens with one attached hydrogen (secondary N) is 1. The molecule has 9 heteroatoms. The lowest BCUT2D eigenvalue weighted by Gasteiger charge is -2.28. The number of aliphatic hydroxyl groups excluding tert-OH is 1. The number of nitrogens with zero attached hydrogens (tertiary/aromatic N) is 2. The minimum Gasteiger partial charge on any atom is -0.390 e. The molecule has 0 aliphatic rings. The van der Waals surface area contributed by atoms with E-state index in [-0.39, 0.29) is 23.9 Å². The second-order valence-electron chi connectivity index (χ2n) is 8.45. The number of nitrogens with two attached hydrogens (primary N) is 1. The van der Waals surface area contributed by atoms with Gasteiger partial charge in [0.05, 0.1) is 16.7 Å². The minimum absolute atomic E-state index is 0.0616. The maximum Gasteiger partial charge on any atom is 0.243 e. The summed E-state index contributed by atoms with van der Waals surface area (Å²) in [6.45, 7) is 4.12. The molecule has 0 fully saturated rings. The Morgan fingerprint density at radius 1 is 1.09 bits per heavy atom. The molecule has 0 bridgehead atoms. The lowest BCUT2D eigenvalue weighted by Crippen LogP contribution is -2.47. The molecule has 0 amide bonds. The van der Waals surface area contributed by atoms with Crippen molar-refractivity contribution in [2.75, 3.05) is 25.5 Å². The van der Waals surface area contributed by atoms with Crippen LogP contribution in [-0.4, -0.2) is 55.1 Å². The quantitative estimate of drug-likeness (QED) is 0.382. The summed E-state index contributed by atoms with van der Waals surface area (Å²) in [7, 11) is -2.00. The van der Waals surface area contributed by atoms with E-state index in [0.717, 1.165) is 22.0 Å². The summed E-state index contributed by atoms with van der Waals surface area (Å²) < 4.78 is 28.2. The van der Waals surface area contributed by atoms with E-state index in [2.05, 4.69) is 10.3 Å². The van der Waals surface area contributed by atoms with Gasteiger partial charge in [0, 0.05) is 37.1 Å². The maximum atomic E-state index is 13.4. The van der Waals surface area contributed by atoms with Crippen molar-refractivity contribution < 1.29 is 13.5 Å². The summed E-state index contributed by atoms with van der Waals surface area (Å²) >= 11 is 1.49. The predicted octanol–water partition coefficient (Wildman–Crippen LogP) is 3.43. The molecule has 0 saturated carbocycles. The Morgan fingerprint density at radius 2 is 1.76 bits per heavy atom. The highest BCUT2D eigenvalue weighted by atomic mass is 32.2. The van der Waals surface area contributed by atoms with Crippen LogP contribution < -0.4 is 11.1 Å². The number of sulfonamides is 1. The standard InChI is InChI=1S/C24H32N4O3S2/c1-17(2)14-28(15-23(29)21(25)13-18-7-5-4-6-8-18)33(30,31)20-11-9-19(10-12-20)22-16-32-24(26-3)27-22/h4-12,16-17,21,23,29H,13-15,25H2,1-3H3,(H,26,27)/t21-,23+/m0/s1. The smallest absolute Gasteiger partial charge is 0.243 e. The van der Waals surface area contributed by atoms with Gasteiger partial charge in [-0.25, -0.2) is 13.4 Å². The molecule has 7 nitrogen and oxygen atoms in total. The summed E-state index contributed by atoms with van der Waals surface area (Å²) in [5.41, 5.74) is 8.85. The average Bonchev–Trinajstić information content (AvgIpc) is 3.28. The molecule has 0 aliphatic heterocycles. The van der Waals surface area contributed by atoms with Crippen molar-refractivity contribution >= 4 is 26.5 Å². The van der Waals surface area contributed by atoms with Crippen LogP contribution in [-0.2, 0) is 16.4 Å². The first-order valence-electron chi connectivity index (χ1n) is 10.9. The zero-order valence-electron chi connectivity index (χ0n) is 19.2. The summed E-state index contributed by atoms with van der Waals surface area (Å²) in [5.74, 6) is 0.0894. The molecule has 0 saturated heterocycles. The van der Waals surface area contributed by atoms with Crippen LogP contribution >= 0.6 is 11.3 Å². The zero-order chi connectivity index (χ0) is 24.0. The molecular weight excluding hydrogens is 456 g/mol. The molecule has 0 spiro atoms. The molecule has 2 aromatic carbocycles.